The minimum Gasteiger partial charge on any atom is -0.477 e. The van der Waals surface area contributed by atoms with Crippen molar-refractivity contribution in [1.82, 2.24) is 0 Å². The van der Waals surface area contributed by atoms with Gasteiger partial charge in [0, 0.05) is 23.1 Å². The average Bonchev–Trinajstić information content (AvgIpc) is 2.52. The fourth-order valence-electron chi connectivity index (χ4n) is 2.63. The molecule has 4 nitrogen and oxygen atoms in total. The van der Waals surface area contributed by atoms with Crippen LogP contribution < -0.4 is 9.64 Å². The molecule has 126 valence electrons. The second-order valence-electron chi connectivity index (χ2n) is 5.41. The predicted octanol–water partition coefficient (Wildman–Crippen LogP) is 4.32. The zero-order valence-corrected chi connectivity index (χ0v) is 14.8. The molecule has 1 N–H and O–H groups in total. The fourth-order valence-corrected chi connectivity index (χ4v) is 3.37. The number of rotatable bonds is 4. The van der Waals surface area contributed by atoms with Crippen molar-refractivity contribution < 1.29 is 14.6 Å². The van der Waals surface area contributed by atoms with Gasteiger partial charge in [0.15, 0.2) is 11.9 Å². The van der Waals surface area contributed by atoms with E-state index in [-0.39, 0.29) is 18.9 Å². The summed E-state index contributed by atoms with van der Waals surface area (Å²) in [6, 6.07) is 10.5. The third-order valence-electron chi connectivity index (χ3n) is 3.70. The molecule has 0 aliphatic carbocycles. The molecule has 0 fully saturated rings. The second-order valence-corrected chi connectivity index (χ2v) is 6.69. The minimum absolute atomic E-state index is 0.165. The number of hydrogen-bond donors (Lipinski definition) is 1. The number of carbonyl (C=O) groups is 1. The Morgan fingerprint density at radius 2 is 1.92 bits per heavy atom. The van der Waals surface area contributed by atoms with Crippen molar-refractivity contribution in [2.75, 3.05) is 11.5 Å². The number of aliphatic hydroxyl groups is 1. The highest BCUT2D eigenvalue weighted by atomic mass is 35.5. The zero-order valence-electron chi connectivity index (χ0n) is 12.5. The highest BCUT2D eigenvalue weighted by Gasteiger charge is 2.35. The number of anilines is 1. The molecule has 0 aromatic heterocycles. The van der Waals surface area contributed by atoms with Gasteiger partial charge in [-0.05, 0) is 29.8 Å². The molecule has 1 amide bonds. The number of carbonyl (C=O) groups excluding carboxylic acids is 1. The molecule has 3 rings (SSSR count). The van der Waals surface area contributed by atoms with Crippen LogP contribution in [0.25, 0.3) is 0 Å². The van der Waals surface area contributed by atoms with Crippen molar-refractivity contribution in [2.24, 2.45) is 0 Å². The summed E-state index contributed by atoms with van der Waals surface area (Å²) in [7, 11) is 0. The van der Waals surface area contributed by atoms with E-state index in [2.05, 4.69) is 0 Å². The molecule has 0 saturated heterocycles. The van der Waals surface area contributed by atoms with Gasteiger partial charge in [-0.3, -0.25) is 4.79 Å². The van der Waals surface area contributed by atoms with E-state index in [4.69, 9.17) is 39.5 Å². The molecule has 0 radical (unpaired) electrons. The number of aliphatic hydroxyl groups excluding tert-OH is 1. The quantitative estimate of drug-likeness (QED) is 0.851. The van der Waals surface area contributed by atoms with E-state index in [0.29, 0.717) is 33.0 Å². The molecule has 0 spiro atoms. The van der Waals surface area contributed by atoms with E-state index in [9.17, 15) is 9.90 Å². The number of fused-ring (bicyclic) bond motifs is 1. The first-order valence-corrected chi connectivity index (χ1v) is 8.45. The average molecular weight is 387 g/mol. The summed E-state index contributed by atoms with van der Waals surface area (Å²) in [5.74, 6) is 0.135. The molecule has 1 atom stereocenters. The lowest BCUT2D eigenvalue weighted by molar-refractivity contribution is -0.127. The highest BCUT2D eigenvalue weighted by molar-refractivity contribution is 6.36. The first-order valence-electron chi connectivity index (χ1n) is 7.32. The van der Waals surface area contributed by atoms with Crippen molar-refractivity contribution in [3.8, 4) is 5.75 Å². The van der Waals surface area contributed by atoms with Gasteiger partial charge in [0.25, 0.3) is 5.91 Å². The maximum absolute atomic E-state index is 12.8. The summed E-state index contributed by atoms with van der Waals surface area (Å²) in [6.07, 6.45) is -0.608. The summed E-state index contributed by atoms with van der Waals surface area (Å²) in [5, 5.41) is 10.5. The van der Waals surface area contributed by atoms with Gasteiger partial charge in [-0.2, -0.15) is 0 Å². The first-order chi connectivity index (χ1) is 11.5. The van der Waals surface area contributed by atoms with Crippen LogP contribution in [0.2, 0.25) is 15.1 Å². The number of benzene rings is 2. The van der Waals surface area contributed by atoms with Crippen LogP contribution >= 0.6 is 34.8 Å². The van der Waals surface area contributed by atoms with E-state index in [1.165, 1.54) is 0 Å². The zero-order chi connectivity index (χ0) is 17.3. The largest absolute Gasteiger partial charge is 0.477 e. The molecule has 24 heavy (non-hydrogen) atoms. The van der Waals surface area contributed by atoms with Crippen molar-refractivity contribution in [2.45, 2.75) is 19.1 Å². The summed E-state index contributed by atoms with van der Waals surface area (Å²) < 4.78 is 5.69. The third kappa shape index (κ3) is 3.47. The molecule has 1 unspecified atom stereocenters. The smallest absolute Gasteiger partial charge is 0.268 e. The standard InChI is InChI=1S/C17H14Cl3NO3/c18-11-3-1-2-10(6-11)9-21-14-8-12(19)7-13(20)16(14)24-15(4-5-22)17(21)23/h1-3,6-8,15,22H,4-5,9H2. The number of ether oxygens (including phenoxy) is 1. The second kappa shape index (κ2) is 7.19. The third-order valence-corrected chi connectivity index (χ3v) is 4.44. The van der Waals surface area contributed by atoms with Gasteiger partial charge < -0.3 is 14.7 Å². The first kappa shape index (κ1) is 17.4. The van der Waals surface area contributed by atoms with Crippen molar-refractivity contribution in [3.05, 3.63) is 57.0 Å². The highest BCUT2D eigenvalue weighted by Crippen LogP contribution is 2.43. The Balaban J connectivity index is 2.03. The monoisotopic (exact) mass is 385 g/mol. The Labute approximate surface area is 154 Å². The van der Waals surface area contributed by atoms with Gasteiger partial charge in [0.05, 0.1) is 17.3 Å². The summed E-state index contributed by atoms with van der Waals surface area (Å²) in [5.41, 5.74) is 1.37. The van der Waals surface area contributed by atoms with Gasteiger partial charge in [0.1, 0.15) is 0 Å². The molecule has 2 aromatic rings. The molecular weight excluding hydrogens is 373 g/mol. The number of amides is 1. The minimum atomic E-state index is -0.791. The van der Waals surface area contributed by atoms with E-state index >= 15 is 0 Å². The van der Waals surface area contributed by atoms with Crippen LogP contribution in [0.3, 0.4) is 0 Å². The molecule has 0 saturated carbocycles. The van der Waals surface area contributed by atoms with E-state index in [1.54, 1.807) is 29.2 Å². The maximum atomic E-state index is 12.8. The van der Waals surface area contributed by atoms with E-state index in [0.717, 1.165) is 5.56 Å². The number of nitrogens with zero attached hydrogens (tertiary/aromatic N) is 1. The van der Waals surface area contributed by atoms with E-state index in [1.807, 2.05) is 12.1 Å². The molecule has 0 bridgehead atoms. The van der Waals surface area contributed by atoms with Gasteiger partial charge in [-0.15, -0.1) is 0 Å². The lowest BCUT2D eigenvalue weighted by atomic mass is 10.1. The maximum Gasteiger partial charge on any atom is 0.268 e. The van der Waals surface area contributed by atoms with E-state index < -0.39 is 6.10 Å². The molecule has 1 aliphatic rings. The van der Waals surface area contributed by atoms with Crippen LogP contribution in [0.4, 0.5) is 5.69 Å². The van der Waals surface area contributed by atoms with Gasteiger partial charge in [-0.25, -0.2) is 0 Å². The van der Waals surface area contributed by atoms with Gasteiger partial charge in [0.2, 0.25) is 0 Å². The SMILES string of the molecule is O=C1C(CCO)Oc2c(Cl)cc(Cl)cc2N1Cc1cccc(Cl)c1. The number of halogens is 3. The van der Waals surface area contributed by atoms with Crippen molar-refractivity contribution in [1.29, 1.82) is 0 Å². The Hall–Kier alpha value is -1.46. The molecule has 2 aromatic carbocycles. The van der Waals surface area contributed by atoms with Crippen LogP contribution in [-0.2, 0) is 11.3 Å². The molecular formula is C17H14Cl3NO3. The Kier molecular flexibility index (Phi) is 5.21. The molecule has 7 heteroatoms. The van der Waals surface area contributed by atoms with Gasteiger partial charge >= 0.3 is 0 Å². The lowest BCUT2D eigenvalue weighted by Gasteiger charge is -2.35. The Morgan fingerprint density at radius 3 is 2.62 bits per heavy atom. The van der Waals surface area contributed by atoms with Crippen LogP contribution in [0.1, 0.15) is 12.0 Å². The summed E-state index contributed by atoms with van der Waals surface area (Å²) in [6.45, 7) is 0.135. The summed E-state index contributed by atoms with van der Waals surface area (Å²) in [4.78, 5) is 14.3. The lowest BCUT2D eigenvalue weighted by Crippen LogP contribution is -2.46. The van der Waals surface area contributed by atoms with Crippen molar-refractivity contribution in [3.63, 3.8) is 0 Å². The Bertz CT molecular complexity index is 782. The number of hydrogen-bond acceptors (Lipinski definition) is 3. The van der Waals surface area contributed by atoms with Crippen LogP contribution in [-0.4, -0.2) is 23.7 Å². The van der Waals surface area contributed by atoms with Crippen molar-refractivity contribution >= 4 is 46.4 Å². The Morgan fingerprint density at radius 1 is 1.12 bits per heavy atom. The summed E-state index contributed by atoms with van der Waals surface area (Å²) >= 11 is 18.3. The van der Waals surface area contributed by atoms with Crippen LogP contribution in [0.5, 0.6) is 5.75 Å². The normalized spacial score (nSPS) is 16.8. The van der Waals surface area contributed by atoms with Gasteiger partial charge in [-0.1, -0.05) is 46.9 Å². The van der Waals surface area contributed by atoms with Crippen LogP contribution in [0, 0.1) is 0 Å². The molecule has 1 aliphatic heterocycles. The predicted molar refractivity (Wildman–Crippen MR) is 95.2 cm³/mol. The van der Waals surface area contributed by atoms with Crippen LogP contribution in [0.15, 0.2) is 36.4 Å². The fraction of sp³-hybridized carbons (Fsp3) is 0.235. The topological polar surface area (TPSA) is 49.8 Å². The molecule has 1 heterocycles.